The molecule has 1 aromatic heterocycles. The molecule has 0 aliphatic heterocycles. The van der Waals surface area contributed by atoms with E-state index in [-0.39, 0.29) is 5.97 Å². The molecule has 3 heteroatoms. The first-order valence-corrected chi connectivity index (χ1v) is 5.29. The Balaban J connectivity index is 2.28. The normalized spacial score (nSPS) is 28.5. The Bertz CT molecular complexity index is 363. The number of pyridine rings is 1. The summed E-state index contributed by atoms with van der Waals surface area (Å²) in [5, 5.41) is 0. The molecule has 2 atom stereocenters. The van der Waals surface area contributed by atoms with E-state index in [1.165, 1.54) is 0 Å². The molecule has 0 spiro atoms. The summed E-state index contributed by atoms with van der Waals surface area (Å²) < 4.78 is 5.13. The predicted octanol–water partition coefficient (Wildman–Crippen LogP) is 1.92. The minimum absolute atomic E-state index is 0.106. The third kappa shape index (κ3) is 1.52. The van der Waals surface area contributed by atoms with Crippen molar-refractivity contribution in [1.82, 2.24) is 4.98 Å². The quantitative estimate of drug-likeness (QED) is 0.708. The van der Waals surface area contributed by atoms with Crippen LogP contribution in [0.3, 0.4) is 0 Å². The lowest BCUT2D eigenvalue weighted by Gasteiger charge is -2.14. The second kappa shape index (κ2) is 3.65. The maximum atomic E-state index is 11.9. The van der Waals surface area contributed by atoms with Gasteiger partial charge in [0.15, 0.2) is 0 Å². The maximum Gasteiger partial charge on any atom is 0.316 e. The van der Waals surface area contributed by atoms with Gasteiger partial charge in [-0.1, -0.05) is 13.0 Å². The van der Waals surface area contributed by atoms with Crippen molar-refractivity contribution in [2.45, 2.75) is 25.7 Å². The van der Waals surface area contributed by atoms with Gasteiger partial charge in [-0.05, 0) is 30.9 Å². The number of aromatic nitrogens is 1. The maximum absolute atomic E-state index is 11.9. The van der Waals surface area contributed by atoms with Gasteiger partial charge in [-0.2, -0.15) is 0 Å². The minimum atomic E-state index is -0.412. The molecule has 1 fully saturated rings. The molecule has 0 radical (unpaired) electrons. The van der Waals surface area contributed by atoms with E-state index in [1.807, 2.05) is 19.1 Å². The summed E-state index contributed by atoms with van der Waals surface area (Å²) in [5.74, 6) is 0.256. The van der Waals surface area contributed by atoms with Gasteiger partial charge in [0, 0.05) is 12.4 Å². The topological polar surface area (TPSA) is 39.2 Å². The van der Waals surface area contributed by atoms with Gasteiger partial charge in [-0.15, -0.1) is 0 Å². The largest absolute Gasteiger partial charge is 0.465 e. The van der Waals surface area contributed by atoms with Crippen LogP contribution in [-0.2, 0) is 14.9 Å². The van der Waals surface area contributed by atoms with Crippen molar-refractivity contribution >= 4 is 5.97 Å². The minimum Gasteiger partial charge on any atom is -0.465 e. The summed E-state index contributed by atoms with van der Waals surface area (Å²) in [6.07, 6.45) is 4.35. The van der Waals surface area contributed by atoms with E-state index >= 15 is 0 Å². The first kappa shape index (κ1) is 10.1. The highest BCUT2D eigenvalue weighted by Crippen LogP contribution is 2.54. The molecule has 1 aliphatic carbocycles. The zero-order chi connectivity index (χ0) is 10.9. The van der Waals surface area contributed by atoms with Gasteiger partial charge in [-0.3, -0.25) is 9.78 Å². The molecule has 0 saturated heterocycles. The van der Waals surface area contributed by atoms with E-state index in [0.717, 1.165) is 12.0 Å². The molecule has 1 aromatic rings. The van der Waals surface area contributed by atoms with Crippen molar-refractivity contribution in [3.8, 4) is 0 Å². The van der Waals surface area contributed by atoms with Gasteiger partial charge >= 0.3 is 5.97 Å². The van der Waals surface area contributed by atoms with Crippen LogP contribution in [0.5, 0.6) is 0 Å². The molecule has 0 amide bonds. The average molecular weight is 205 g/mol. The van der Waals surface area contributed by atoms with Gasteiger partial charge in [0.2, 0.25) is 0 Å². The number of hydrogen-bond acceptors (Lipinski definition) is 3. The number of esters is 1. The Labute approximate surface area is 89.5 Å². The number of ether oxygens (including phenoxy) is 1. The molecular formula is C12H15NO2. The molecular weight excluding hydrogens is 190 g/mol. The van der Waals surface area contributed by atoms with Gasteiger partial charge in [-0.25, -0.2) is 0 Å². The Kier molecular flexibility index (Phi) is 2.47. The van der Waals surface area contributed by atoms with Crippen LogP contribution in [-0.4, -0.2) is 17.6 Å². The predicted molar refractivity (Wildman–Crippen MR) is 56.3 cm³/mol. The fourth-order valence-corrected chi connectivity index (χ4v) is 2.12. The van der Waals surface area contributed by atoms with Crippen LogP contribution in [0, 0.1) is 5.92 Å². The van der Waals surface area contributed by atoms with Gasteiger partial charge in [0.1, 0.15) is 0 Å². The highest BCUT2D eigenvalue weighted by molar-refractivity contribution is 5.87. The van der Waals surface area contributed by atoms with E-state index in [2.05, 4.69) is 11.9 Å². The molecule has 0 aromatic carbocycles. The van der Waals surface area contributed by atoms with Crippen molar-refractivity contribution in [1.29, 1.82) is 0 Å². The fraction of sp³-hybridized carbons (Fsp3) is 0.500. The molecule has 1 saturated carbocycles. The van der Waals surface area contributed by atoms with Crippen LogP contribution in [0.1, 0.15) is 25.8 Å². The Morgan fingerprint density at radius 2 is 2.47 bits per heavy atom. The van der Waals surface area contributed by atoms with Crippen LogP contribution >= 0.6 is 0 Å². The second-order valence-electron chi connectivity index (χ2n) is 4.04. The highest BCUT2D eigenvalue weighted by atomic mass is 16.5. The lowest BCUT2D eigenvalue weighted by molar-refractivity contribution is -0.146. The Morgan fingerprint density at radius 3 is 2.93 bits per heavy atom. The van der Waals surface area contributed by atoms with Crippen molar-refractivity contribution < 1.29 is 9.53 Å². The zero-order valence-corrected chi connectivity index (χ0v) is 9.06. The van der Waals surface area contributed by atoms with Crippen LogP contribution in [0.25, 0.3) is 0 Å². The first-order chi connectivity index (χ1) is 7.21. The van der Waals surface area contributed by atoms with Gasteiger partial charge in [0.05, 0.1) is 12.0 Å². The first-order valence-electron chi connectivity index (χ1n) is 5.29. The fourth-order valence-electron chi connectivity index (χ4n) is 2.12. The molecule has 0 N–H and O–H groups in total. The standard InChI is InChI=1S/C12H15NO2/c1-3-15-11(14)12(7-9(12)2)10-5-4-6-13-8-10/h4-6,8-9H,3,7H2,1-2H3. The molecule has 15 heavy (non-hydrogen) atoms. The number of carbonyl (C=O) groups is 1. The van der Waals surface area contributed by atoms with Crippen molar-refractivity contribution in [2.24, 2.45) is 5.92 Å². The van der Waals surface area contributed by atoms with E-state index in [4.69, 9.17) is 4.74 Å². The number of carbonyl (C=O) groups excluding carboxylic acids is 1. The molecule has 2 rings (SSSR count). The zero-order valence-electron chi connectivity index (χ0n) is 9.06. The molecule has 0 bridgehead atoms. The number of rotatable bonds is 3. The highest BCUT2D eigenvalue weighted by Gasteiger charge is 2.59. The average Bonchev–Trinajstić information content (AvgIpc) is 2.93. The van der Waals surface area contributed by atoms with Crippen LogP contribution in [0.4, 0.5) is 0 Å². The molecule has 80 valence electrons. The summed E-state index contributed by atoms with van der Waals surface area (Å²) in [6, 6.07) is 3.81. The summed E-state index contributed by atoms with van der Waals surface area (Å²) in [7, 11) is 0. The van der Waals surface area contributed by atoms with E-state index in [0.29, 0.717) is 12.5 Å². The van der Waals surface area contributed by atoms with E-state index in [9.17, 15) is 4.79 Å². The van der Waals surface area contributed by atoms with E-state index < -0.39 is 5.41 Å². The monoisotopic (exact) mass is 205 g/mol. The number of nitrogens with zero attached hydrogens (tertiary/aromatic N) is 1. The van der Waals surface area contributed by atoms with Crippen molar-refractivity contribution in [3.05, 3.63) is 30.1 Å². The third-order valence-corrected chi connectivity index (χ3v) is 3.13. The molecule has 1 heterocycles. The lowest BCUT2D eigenvalue weighted by Crippen LogP contribution is -2.25. The van der Waals surface area contributed by atoms with Crippen LogP contribution in [0.2, 0.25) is 0 Å². The van der Waals surface area contributed by atoms with Crippen molar-refractivity contribution in [2.75, 3.05) is 6.61 Å². The van der Waals surface area contributed by atoms with Crippen LogP contribution < -0.4 is 0 Å². The summed E-state index contributed by atoms with van der Waals surface area (Å²) in [6.45, 7) is 4.35. The van der Waals surface area contributed by atoms with Gasteiger partial charge in [0.25, 0.3) is 0 Å². The van der Waals surface area contributed by atoms with Gasteiger partial charge < -0.3 is 4.74 Å². The summed E-state index contributed by atoms with van der Waals surface area (Å²) in [5.41, 5.74) is 0.570. The van der Waals surface area contributed by atoms with Crippen molar-refractivity contribution in [3.63, 3.8) is 0 Å². The smallest absolute Gasteiger partial charge is 0.316 e. The Hall–Kier alpha value is -1.38. The third-order valence-electron chi connectivity index (χ3n) is 3.13. The second-order valence-corrected chi connectivity index (χ2v) is 4.04. The molecule has 3 nitrogen and oxygen atoms in total. The lowest BCUT2D eigenvalue weighted by atomic mass is 9.95. The summed E-state index contributed by atoms with van der Waals surface area (Å²) in [4.78, 5) is 15.9. The SMILES string of the molecule is CCOC(=O)C1(c2cccnc2)CC1C. The molecule has 2 unspecified atom stereocenters. The van der Waals surface area contributed by atoms with E-state index in [1.54, 1.807) is 12.4 Å². The summed E-state index contributed by atoms with van der Waals surface area (Å²) >= 11 is 0. The van der Waals surface area contributed by atoms with Crippen LogP contribution in [0.15, 0.2) is 24.5 Å². The molecule has 1 aliphatic rings. The Morgan fingerprint density at radius 1 is 1.73 bits per heavy atom. The number of hydrogen-bond donors (Lipinski definition) is 0.